The zero-order valence-electron chi connectivity index (χ0n) is 10.1. The van der Waals surface area contributed by atoms with Crippen molar-refractivity contribution in [3.8, 4) is 11.5 Å². The number of carbonyl (C=O) groups excluding carboxylic acids is 1. The maximum Gasteiger partial charge on any atom is 0.417 e. The molecule has 20 heavy (non-hydrogen) atoms. The lowest BCUT2D eigenvalue weighted by Crippen LogP contribution is -2.05. The summed E-state index contributed by atoms with van der Waals surface area (Å²) < 4.78 is 45.8. The Morgan fingerprint density at radius 3 is 2.70 bits per heavy atom. The molecule has 0 aliphatic heterocycles. The van der Waals surface area contributed by atoms with Crippen LogP contribution in [0.4, 0.5) is 13.2 Å². The summed E-state index contributed by atoms with van der Waals surface area (Å²) in [6.07, 6.45) is -3.75. The highest BCUT2D eigenvalue weighted by atomic mass is 32.1. The van der Waals surface area contributed by atoms with E-state index in [1.54, 1.807) is 6.92 Å². The summed E-state index contributed by atoms with van der Waals surface area (Å²) in [7, 11) is 0. The molecule has 106 valence electrons. The summed E-state index contributed by atoms with van der Waals surface area (Å²) in [5.74, 6) is -0.532. The molecule has 2 rings (SSSR count). The molecule has 0 saturated carbocycles. The van der Waals surface area contributed by atoms with Crippen molar-refractivity contribution >= 4 is 17.5 Å². The molecule has 0 N–H and O–H groups in total. The number of esters is 1. The molecule has 0 saturated heterocycles. The van der Waals surface area contributed by atoms with E-state index in [0.29, 0.717) is 6.20 Å². The molecular weight excluding hydrogens is 295 g/mol. The predicted molar refractivity (Wildman–Crippen MR) is 64.1 cm³/mol. The molecule has 9 heteroatoms. The largest absolute Gasteiger partial charge is 0.461 e. The Hall–Kier alpha value is -2.03. The lowest BCUT2D eigenvalue weighted by Gasteiger charge is -2.05. The van der Waals surface area contributed by atoms with E-state index in [-0.39, 0.29) is 23.1 Å². The van der Waals surface area contributed by atoms with E-state index in [0.717, 1.165) is 23.7 Å². The quantitative estimate of drug-likeness (QED) is 0.816. The van der Waals surface area contributed by atoms with Gasteiger partial charge in [-0.3, -0.25) is 4.98 Å². The van der Waals surface area contributed by atoms with Gasteiger partial charge in [0.15, 0.2) is 5.82 Å². The average molecular weight is 303 g/mol. The van der Waals surface area contributed by atoms with E-state index in [1.807, 2.05) is 0 Å². The fourth-order valence-electron chi connectivity index (χ4n) is 1.30. The molecule has 0 amide bonds. The fraction of sp³-hybridized carbons (Fsp3) is 0.273. The number of ether oxygens (including phenoxy) is 1. The molecule has 0 aliphatic carbocycles. The first-order valence-corrected chi connectivity index (χ1v) is 6.23. The monoisotopic (exact) mass is 303 g/mol. The Labute approximate surface area is 115 Å². The van der Waals surface area contributed by atoms with Crippen LogP contribution in [0.25, 0.3) is 11.5 Å². The molecule has 2 aromatic rings. The minimum absolute atomic E-state index is 0.0311. The molecule has 2 heterocycles. The highest BCUT2D eigenvalue weighted by molar-refractivity contribution is 7.07. The van der Waals surface area contributed by atoms with Gasteiger partial charge < -0.3 is 4.74 Å². The number of carbonyl (C=O) groups is 1. The molecule has 0 aliphatic rings. The van der Waals surface area contributed by atoms with Gasteiger partial charge in [-0.1, -0.05) is 0 Å². The third-order valence-electron chi connectivity index (χ3n) is 2.20. The van der Waals surface area contributed by atoms with Crippen LogP contribution in [0.1, 0.15) is 22.3 Å². The molecule has 0 bridgehead atoms. The van der Waals surface area contributed by atoms with E-state index < -0.39 is 17.7 Å². The van der Waals surface area contributed by atoms with Gasteiger partial charge in [-0.25, -0.2) is 9.78 Å². The maximum absolute atomic E-state index is 12.4. The lowest BCUT2D eigenvalue weighted by atomic mass is 10.2. The molecule has 0 aromatic carbocycles. The number of hydrogen-bond donors (Lipinski definition) is 0. The van der Waals surface area contributed by atoms with Crippen LogP contribution in [0.5, 0.6) is 0 Å². The van der Waals surface area contributed by atoms with Crippen molar-refractivity contribution in [1.29, 1.82) is 0 Å². The normalized spacial score (nSPS) is 11.4. The summed E-state index contributed by atoms with van der Waals surface area (Å²) in [6.45, 7) is 1.85. The maximum atomic E-state index is 12.4. The van der Waals surface area contributed by atoms with Crippen LogP contribution in [0.3, 0.4) is 0 Å². The van der Waals surface area contributed by atoms with Gasteiger partial charge >= 0.3 is 12.1 Å². The van der Waals surface area contributed by atoms with Gasteiger partial charge in [-0.2, -0.15) is 17.5 Å². The third-order valence-corrected chi connectivity index (χ3v) is 2.89. The molecule has 5 nitrogen and oxygen atoms in total. The summed E-state index contributed by atoms with van der Waals surface area (Å²) in [5.41, 5.74) is -0.702. The van der Waals surface area contributed by atoms with Crippen molar-refractivity contribution in [2.75, 3.05) is 6.61 Å². The predicted octanol–water partition coefficient (Wildman–Crippen LogP) is 2.80. The van der Waals surface area contributed by atoms with Gasteiger partial charge in [0.2, 0.25) is 5.01 Å². The standard InChI is InChI=1S/C11H8F3N3O2S/c1-2-19-10(18)9-16-8(17-20-9)7-4-3-6(5-15-7)11(12,13)14/h3-5H,2H2,1H3. The zero-order valence-corrected chi connectivity index (χ0v) is 11.0. The molecule has 0 fully saturated rings. The molecule has 0 unspecified atom stereocenters. The zero-order chi connectivity index (χ0) is 14.8. The second-order valence-corrected chi connectivity index (χ2v) is 4.33. The second-order valence-electron chi connectivity index (χ2n) is 3.57. The van der Waals surface area contributed by atoms with Gasteiger partial charge in [-0.05, 0) is 30.6 Å². The fourth-order valence-corrected chi connectivity index (χ4v) is 1.87. The van der Waals surface area contributed by atoms with Crippen molar-refractivity contribution in [3.05, 3.63) is 28.9 Å². The molecule has 2 aromatic heterocycles. The van der Waals surface area contributed by atoms with Crippen molar-refractivity contribution < 1.29 is 22.7 Å². The highest BCUT2D eigenvalue weighted by Crippen LogP contribution is 2.29. The van der Waals surface area contributed by atoms with E-state index in [4.69, 9.17) is 4.74 Å². The Bertz CT molecular complexity index is 610. The Morgan fingerprint density at radius 2 is 2.15 bits per heavy atom. The summed E-state index contributed by atoms with van der Waals surface area (Å²) >= 11 is 0.804. The minimum atomic E-state index is -4.45. The highest BCUT2D eigenvalue weighted by Gasteiger charge is 2.30. The van der Waals surface area contributed by atoms with E-state index >= 15 is 0 Å². The summed E-state index contributed by atoms with van der Waals surface area (Å²) in [5, 5.41) is 0.0311. The molecule has 0 spiro atoms. The van der Waals surface area contributed by atoms with Crippen molar-refractivity contribution in [3.63, 3.8) is 0 Å². The van der Waals surface area contributed by atoms with Crippen molar-refractivity contribution in [1.82, 2.24) is 14.3 Å². The number of halogens is 3. The van der Waals surface area contributed by atoms with Crippen LogP contribution in [-0.2, 0) is 10.9 Å². The lowest BCUT2D eigenvalue weighted by molar-refractivity contribution is -0.137. The SMILES string of the molecule is CCOC(=O)c1nc(-c2ccc(C(F)(F)F)cn2)ns1. The molecular formula is C11H8F3N3O2S. The molecule has 0 atom stereocenters. The van der Waals surface area contributed by atoms with E-state index in [2.05, 4.69) is 14.3 Å². The van der Waals surface area contributed by atoms with Crippen LogP contribution in [0.15, 0.2) is 18.3 Å². The van der Waals surface area contributed by atoms with Gasteiger partial charge in [0.1, 0.15) is 5.69 Å². The number of pyridine rings is 1. The van der Waals surface area contributed by atoms with Gasteiger partial charge in [-0.15, -0.1) is 0 Å². The van der Waals surface area contributed by atoms with E-state index in [1.165, 1.54) is 0 Å². The number of rotatable bonds is 3. The van der Waals surface area contributed by atoms with Crippen molar-refractivity contribution in [2.45, 2.75) is 13.1 Å². The number of hydrogen-bond acceptors (Lipinski definition) is 6. The van der Waals surface area contributed by atoms with Gasteiger partial charge in [0.05, 0.1) is 12.2 Å². The van der Waals surface area contributed by atoms with Crippen LogP contribution >= 0.6 is 11.5 Å². The first-order valence-electron chi connectivity index (χ1n) is 5.46. The Kier molecular flexibility index (Phi) is 3.98. The third kappa shape index (κ3) is 3.10. The number of nitrogens with zero attached hydrogens (tertiary/aromatic N) is 3. The van der Waals surface area contributed by atoms with Crippen LogP contribution in [-0.4, -0.2) is 26.9 Å². The van der Waals surface area contributed by atoms with E-state index in [9.17, 15) is 18.0 Å². The van der Waals surface area contributed by atoms with Crippen LogP contribution in [0.2, 0.25) is 0 Å². The number of aromatic nitrogens is 3. The van der Waals surface area contributed by atoms with Gasteiger partial charge in [0.25, 0.3) is 0 Å². The first kappa shape index (κ1) is 14.4. The second kappa shape index (κ2) is 5.53. The Morgan fingerprint density at radius 1 is 1.40 bits per heavy atom. The van der Waals surface area contributed by atoms with Crippen LogP contribution in [0, 0.1) is 0 Å². The topological polar surface area (TPSA) is 65.0 Å². The average Bonchev–Trinajstić information content (AvgIpc) is 2.88. The smallest absolute Gasteiger partial charge is 0.417 e. The minimum Gasteiger partial charge on any atom is -0.461 e. The van der Waals surface area contributed by atoms with Crippen molar-refractivity contribution in [2.24, 2.45) is 0 Å². The molecule has 0 radical (unpaired) electrons. The summed E-state index contributed by atoms with van der Waals surface area (Å²) in [6, 6.07) is 2.03. The summed E-state index contributed by atoms with van der Waals surface area (Å²) in [4.78, 5) is 18.9. The van der Waals surface area contributed by atoms with Crippen LogP contribution < -0.4 is 0 Å². The number of alkyl halides is 3. The first-order chi connectivity index (χ1) is 9.41. The Balaban J connectivity index is 2.22. The van der Waals surface area contributed by atoms with Gasteiger partial charge in [0, 0.05) is 6.20 Å².